The van der Waals surface area contributed by atoms with Crippen molar-refractivity contribution in [2.45, 2.75) is 19.3 Å². The molecular formula is C61H42N4. The molecule has 4 heteroatoms. The van der Waals surface area contributed by atoms with Gasteiger partial charge in [-0.2, -0.15) is 0 Å². The molecular weight excluding hydrogens is 789 g/mol. The molecule has 12 rings (SSSR count). The first-order valence-corrected chi connectivity index (χ1v) is 22.2. The molecule has 0 N–H and O–H groups in total. The Kier molecular flexibility index (Phi) is 9.13. The van der Waals surface area contributed by atoms with Gasteiger partial charge in [0.2, 0.25) is 0 Å². The molecule has 0 spiro atoms. The first-order valence-electron chi connectivity index (χ1n) is 22.2. The van der Waals surface area contributed by atoms with Crippen molar-refractivity contribution >= 4 is 21.7 Å². The van der Waals surface area contributed by atoms with Gasteiger partial charge in [-0.05, 0) is 79.9 Å². The lowest BCUT2D eigenvalue weighted by Gasteiger charge is -2.22. The van der Waals surface area contributed by atoms with Crippen molar-refractivity contribution in [3.8, 4) is 89.9 Å². The summed E-state index contributed by atoms with van der Waals surface area (Å²) in [5.41, 5.74) is 18.0. The Morgan fingerprint density at radius 1 is 0.292 bits per heavy atom. The summed E-state index contributed by atoms with van der Waals surface area (Å²) in [4.78, 5) is 20.5. The zero-order valence-electron chi connectivity index (χ0n) is 36.1. The van der Waals surface area contributed by atoms with E-state index in [-0.39, 0.29) is 5.41 Å². The number of para-hydroxylation sites is 1. The van der Waals surface area contributed by atoms with Crippen molar-refractivity contribution in [2.24, 2.45) is 0 Å². The molecule has 9 aromatic carbocycles. The van der Waals surface area contributed by atoms with Crippen LogP contribution in [0, 0.1) is 0 Å². The van der Waals surface area contributed by atoms with Crippen LogP contribution in [-0.2, 0) is 5.41 Å². The average Bonchev–Trinajstić information content (AvgIpc) is 3.61. The average molecular weight is 831 g/mol. The Hall–Kier alpha value is -8.34. The highest BCUT2D eigenvalue weighted by molar-refractivity contribution is 6.17. The van der Waals surface area contributed by atoms with Gasteiger partial charge < -0.3 is 0 Å². The first-order chi connectivity index (χ1) is 32.0. The molecule has 0 aliphatic heterocycles. The molecule has 0 atom stereocenters. The lowest BCUT2D eigenvalue weighted by atomic mass is 9.81. The number of nitrogens with zero attached hydrogens (tertiary/aromatic N) is 4. The summed E-state index contributed by atoms with van der Waals surface area (Å²) in [7, 11) is 0. The summed E-state index contributed by atoms with van der Waals surface area (Å²) in [6.45, 7) is 4.65. The van der Waals surface area contributed by atoms with Gasteiger partial charge in [-0.1, -0.05) is 208 Å². The minimum absolute atomic E-state index is 0.0612. The van der Waals surface area contributed by atoms with E-state index < -0.39 is 0 Å². The van der Waals surface area contributed by atoms with E-state index in [2.05, 4.69) is 214 Å². The largest absolute Gasteiger partial charge is 0.247 e. The smallest absolute Gasteiger partial charge is 0.164 e. The van der Waals surface area contributed by atoms with Crippen molar-refractivity contribution < 1.29 is 0 Å². The van der Waals surface area contributed by atoms with E-state index in [0.717, 1.165) is 66.5 Å². The molecule has 0 unspecified atom stereocenters. The van der Waals surface area contributed by atoms with Crippen LogP contribution in [0.2, 0.25) is 0 Å². The lowest BCUT2D eigenvalue weighted by Crippen LogP contribution is -2.14. The molecule has 0 radical (unpaired) electrons. The van der Waals surface area contributed by atoms with Crippen LogP contribution >= 0.6 is 0 Å². The molecule has 11 aromatic rings. The molecule has 0 bridgehead atoms. The van der Waals surface area contributed by atoms with E-state index in [9.17, 15) is 0 Å². The molecule has 2 heterocycles. The number of rotatable bonds is 7. The van der Waals surface area contributed by atoms with Crippen molar-refractivity contribution in [3.05, 3.63) is 230 Å². The second kappa shape index (κ2) is 15.5. The third-order valence-corrected chi connectivity index (χ3v) is 13.1. The molecule has 2 aromatic heterocycles. The third-order valence-electron chi connectivity index (χ3n) is 13.1. The van der Waals surface area contributed by atoms with Crippen LogP contribution in [0.3, 0.4) is 0 Å². The Morgan fingerprint density at radius 3 is 1.52 bits per heavy atom. The molecule has 0 saturated carbocycles. The Bertz CT molecular complexity index is 3610. The summed E-state index contributed by atoms with van der Waals surface area (Å²) in [5, 5.41) is 3.47. The van der Waals surface area contributed by atoms with Gasteiger partial charge in [0.15, 0.2) is 17.5 Å². The second-order valence-corrected chi connectivity index (χ2v) is 17.4. The van der Waals surface area contributed by atoms with E-state index in [4.69, 9.17) is 19.9 Å². The van der Waals surface area contributed by atoms with Gasteiger partial charge >= 0.3 is 0 Å². The Labute approximate surface area is 378 Å². The Morgan fingerprint density at radius 2 is 0.769 bits per heavy atom. The van der Waals surface area contributed by atoms with Crippen molar-refractivity contribution in [1.29, 1.82) is 0 Å². The summed E-state index contributed by atoms with van der Waals surface area (Å²) >= 11 is 0. The molecule has 306 valence electrons. The normalized spacial score (nSPS) is 12.6. The molecule has 0 fully saturated rings. The van der Waals surface area contributed by atoms with Crippen LogP contribution in [0.4, 0.5) is 0 Å². The zero-order chi connectivity index (χ0) is 43.5. The predicted molar refractivity (Wildman–Crippen MR) is 268 cm³/mol. The summed E-state index contributed by atoms with van der Waals surface area (Å²) < 4.78 is 0. The summed E-state index contributed by atoms with van der Waals surface area (Å²) in [6, 6.07) is 77.4. The van der Waals surface area contributed by atoms with Crippen molar-refractivity contribution in [2.75, 3.05) is 0 Å². The van der Waals surface area contributed by atoms with E-state index in [1.807, 2.05) is 18.2 Å². The number of benzene rings is 9. The quantitative estimate of drug-likeness (QED) is 0.150. The third kappa shape index (κ3) is 6.70. The molecule has 1 aliphatic rings. The van der Waals surface area contributed by atoms with Gasteiger partial charge in [0.25, 0.3) is 0 Å². The van der Waals surface area contributed by atoms with Crippen LogP contribution in [-0.4, -0.2) is 19.9 Å². The van der Waals surface area contributed by atoms with Crippen molar-refractivity contribution in [3.63, 3.8) is 0 Å². The number of aromatic nitrogens is 4. The van der Waals surface area contributed by atoms with Gasteiger partial charge in [-0.15, -0.1) is 0 Å². The van der Waals surface area contributed by atoms with E-state index >= 15 is 0 Å². The maximum Gasteiger partial charge on any atom is 0.164 e. The van der Waals surface area contributed by atoms with Gasteiger partial charge in [0.1, 0.15) is 0 Å². The van der Waals surface area contributed by atoms with Crippen LogP contribution < -0.4 is 0 Å². The number of hydrogen-bond donors (Lipinski definition) is 0. The maximum absolute atomic E-state index is 5.18. The lowest BCUT2D eigenvalue weighted by molar-refractivity contribution is 0.660. The van der Waals surface area contributed by atoms with Crippen LogP contribution in [0.25, 0.3) is 112 Å². The van der Waals surface area contributed by atoms with E-state index in [1.165, 1.54) is 38.8 Å². The summed E-state index contributed by atoms with van der Waals surface area (Å²) in [5.74, 6) is 1.89. The van der Waals surface area contributed by atoms with Crippen LogP contribution in [0.1, 0.15) is 25.0 Å². The standard InChI is InChI=1S/C61H42N4/c1-61(2)53-28-11-9-24-49(53)50-35-34-45(38-54(50)61)39-30-32-42(33-31-39)59-63-58(41-18-7-4-8-19-41)64-60(65-59)47-23-14-21-44(37-47)43-20-13-22-46(36-43)48-26-15-27-52-56(48)51-25-10-12-29-55(51)62-57(52)40-16-5-3-6-17-40/h3-38H,1-2H3. The van der Waals surface area contributed by atoms with Gasteiger partial charge in [-0.25, -0.2) is 19.9 Å². The van der Waals surface area contributed by atoms with Gasteiger partial charge in [0, 0.05) is 43.8 Å². The van der Waals surface area contributed by atoms with Crippen LogP contribution in [0.5, 0.6) is 0 Å². The molecule has 4 nitrogen and oxygen atoms in total. The fraction of sp³-hybridized carbons (Fsp3) is 0.0492. The van der Waals surface area contributed by atoms with E-state index in [0.29, 0.717) is 17.5 Å². The SMILES string of the molecule is CC1(C)c2ccccc2-c2ccc(-c3ccc(-c4nc(-c5ccccc5)nc(-c5cccc(-c6cccc(-c7cccc8c(-c9ccccc9)nc9ccccc9c78)c6)c5)n4)cc3)cc21. The fourth-order valence-corrected chi connectivity index (χ4v) is 9.81. The topological polar surface area (TPSA) is 51.6 Å². The van der Waals surface area contributed by atoms with Gasteiger partial charge in [0.05, 0.1) is 11.2 Å². The van der Waals surface area contributed by atoms with Crippen molar-refractivity contribution in [1.82, 2.24) is 19.9 Å². The number of pyridine rings is 1. The monoisotopic (exact) mass is 830 g/mol. The van der Waals surface area contributed by atoms with E-state index in [1.54, 1.807) is 0 Å². The highest BCUT2D eigenvalue weighted by atomic mass is 15.0. The second-order valence-electron chi connectivity index (χ2n) is 17.4. The fourth-order valence-electron chi connectivity index (χ4n) is 9.81. The molecule has 65 heavy (non-hydrogen) atoms. The van der Waals surface area contributed by atoms with Crippen LogP contribution in [0.15, 0.2) is 218 Å². The summed E-state index contributed by atoms with van der Waals surface area (Å²) in [6.07, 6.45) is 0. The first kappa shape index (κ1) is 38.3. The zero-order valence-corrected chi connectivity index (χ0v) is 36.1. The predicted octanol–water partition coefficient (Wildman–Crippen LogP) is 15.5. The molecule has 1 aliphatic carbocycles. The highest BCUT2D eigenvalue weighted by Crippen LogP contribution is 2.49. The molecule has 0 saturated heterocycles. The molecule has 0 amide bonds. The minimum atomic E-state index is -0.0612. The van der Waals surface area contributed by atoms with Gasteiger partial charge in [-0.3, -0.25) is 0 Å². The highest BCUT2D eigenvalue weighted by Gasteiger charge is 2.35. The Balaban J connectivity index is 0.917. The number of fused-ring (bicyclic) bond motifs is 6. The number of hydrogen-bond acceptors (Lipinski definition) is 4. The maximum atomic E-state index is 5.18. The minimum Gasteiger partial charge on any atom is -0.247 e.